The number of benzene rings is 1. The molecule has 3 heteroatoms. The molecule has 0 aromatic heterocycles. The highest BCUT2D eigenvalue weighted by Gasteiger charge is 2.30. The van der Waals surface area contributed by atoms with Crippen LogP contribution >= 0.6 is 15.9 Å². The first kappa shape index (κ1) is 15.0. The highest BCUT2D eigenvalue weighted by atomic mass is 79.9. The molecule has 1 aromatic carbocycles. The van der Waals surface area contributed by atoms with Crippen LogP contribution < -0.4 is 5.73 Å². The summed E-state index contributed by atoms with van der Waals surface area (Å²) < 4.78 is 14.3. The van der Waals surface area contributed by atoms with Crippen LogP contribution in [0.3, 0.4) is 0 Å². The third kappa shape index (κ3) is 3.79. The van der Waals surface area contributed by atoms with Gasteiger partial charge < -0.3 is 5.73 Å². The van der Waals surface area contributed by atoms with Gasteiger partial charge in [-0.2, -0.15) is 0 Å². The number of rotatable bonds is 3. The summed E-state index contributed by atoms with van der Waals surface area (Å²) in [6.45, 7) is 4.58. The molecule has 0 bridgehead atoms. The van der Waals surface area contributed by atoms with E-state index in [-0.39, 0.29) is 11.9 Å². The molecule has 2 N–H and O–H groups in total. The van der Waals surface area contributed by atoms with Crippen LogP contribution in [-0.2, 0) is 6.42 Å². The van der Waals surface area contributed by atoms with Crippen LogP contribution in [0.4, 0.5) is 4.39 Å². The largest absolute Gasteiger partial charge is 0.327 e. The standard InChI is InChI=1S/C16H23BrFN/c1-10(2)11-3-6-16(19)13(7-11)8-12-9-14(18)4-5-15(12)17/h4-5,9-11,13,16H,3,6-8,19H2,1-2H3. The Kier molecular flexibility index (Phi) is 5.02. The van der Waals surface area contributed by atoms with E-state index in [2.05, 4.69) is 29.8 Å². The van der Waals surface area contributed by atoms with E-state index in [1.807, 2.05) is 0 Å². The van der Waals surface area contributed by atoms with Gasteiger partial charge in [0.25, 0.3) is 0 Å². The Labute approximate surface area is 123 Å². The molecule has 1 aromatic rings. The molecule has 1 fully saturated rings. The van der Waals surface area contributed by atoms with E-state index in [1.165, 1.54) is 18.9 Å². The van der Waals surface area contributed by atoms with Crippen molar-refractivity contribution < 1.29 is 4.39 Å². The van der Waals surface area contributed by atoms with Crippen molar-refractivity contribution in [1.29, 1.82) is 0 Å². The van der Waals surface area contributed by atoms with Gasteiger partial charge in [-0.05, 0) is 67.2 Å². The molecular weight excluding hydrogens is 305 g/mol. The summed E-state index contributed by atoms with van der Waals surface area (Å²) in [7, 11) is 0. The van der Waals surface area contributed by atoms with Crippen molar-refractivity contribution >= 4 is 15.9 Å². The minimum atomic E-state index is -0.164. The molecule has 0 aliphatic heterocycles. The van der Waals surface area contributed by atoms with Gasteiger partial charge in [0, 0.05) is 10.5 Å². The maximum absolute atomic E-state index is 13.4. The molecule has 2 rings (SSSR count). The Balaban J connectivity index is 2.09. The van der Waals surface area contributed by atoms with E-state index < -0.39 is 0 Å². The normalized spacial score (nSPS) is 27.8. The van der Waals surface area contributed by atoms with E-state index in [0.29, 0.717) is 11.8 Å². The number of halogens is 2. The summed E-state index contributed by atoms with van der Waals surface area (Å²) in [5.41, 5.74) is 7.31. The zero-order chi connectivity index (χ0) is 14.0. The van der Waals surface area contributed by atoms with Gasteiger partial charge in [0.1, 0.15) is 5.82 Å². The fourth-order valence-electron chi connectivity index (χ4n) is 3.15. The Morgan fingerprint density at radius 2 is 2.11 bits per heavy atom. The van der Waals surface area contributed by atoms with Crippen molar-refractivity contribution in [2.24, 2.45) is 23.5 Å². The van der Waals surface area contributed by atoms with Gasteiger partial charge in [0.2, 0.25) is 0 Å². The Morgan fingerprint density at radius 3 is 2.79 bits per heavy atom. The Hall–Kier alpha value is -0.410. The zero-order valence-electron chi connectivity index (χ0n) is 11.7. The predicted octanol–water partition coefficient (Wildman–Crippen LogP) is 4.53. The van der Waals surface area contributed by atoms with Gasteiger partial charge in [0.05, 0.1) is 0 Å². The second kappa shape index (κ2) is 6.36. The summed E-state index contributed by atoms with van der Waals surface area (Å²) >= 11 is 3.51. The highest BCUT2D eigenvalue weighted by Crippen LogP contribution is 2.35. The molecule has 0 radical (unpaired) electrons. The molecule has 3 unspecified atom stereocenters. The van der Waals surface area contributed by atoms with Crippen molar-refractivity contribution in [2.75, 3.05) is 0 Å². The molecule has 0 heterocycles. The minimum absolute atomic E-state index is 0.164. The minimum Gasteiger partial charge on any atom is -0.327 e. The fourth-order valence-corrected chi connectivity index (χ4v) is 3.55. The molecule has 1 nitrogen and oxygen atoms in total. The lowest BCUT2D eigenvalue weighted by atomic mass is 9.72. The molecule has 106 valence electrons. The van der Waals surface area contributed by atoms with Crippen molar-refractivity contribution in [3.63, 3.8) is 0 Å². The van der Waals surface area contributed by atoms with E-state index in [9.17, 15) is 4.39 Å². The van der Waals surface area contributed by atoms with Crippen LogP contribution in [0.5, 0.6) is 0 Å². The van der Waals surface area contributed by atoms with Crippen molar-refractivity contribution in [3.05, 3.63) is 34.1 Å². The van der Waals surface area contributed by atoms with Gasteiger partial charge in [-0.15, -0.1) is 0 Å². The van der Waals surface area contributed by atoms with Crippen LogP contribution in [0.2, 0.25) is 0 Å². The molecule has 1 aliphatic carbocycles. The average Bonchev–Trinajstić information content (AvgIpc) is 2.36. The molecule has 0 saturated heterocycles. The third-order valence-electron chi connectivity index (χ3n) is 4.51. The topological polar surface area (TPSA) is 26.0 Å². The first-order valence-corrected chi connectivity index (χ1v) is 7.96. The lowest BCUT2D eigenvalue weighted by Crippen LogP contribution is -2.38. The van der Waals surface area contributed by atoms with Crippen LogP contribution in [0.25, 0.3) is 0 Å². The Morgan fingerprint density at radius 1 is 1.37 bits per heavy atom. The summed E-state index contributed by atoms with van der Waals surface area (Å²) in [4.78, 5) is 0. The number of nitrogens with two attached hydrogens (primary N) is 1. The van der Waals surface area contributed by atoms with Crippen LogP contribution in [-0.4, -0.2) is 6.04 Å². The molecule has 1 aliphatic rings. The molecule has 0 amide bonds. The molecular formula is C16H23BrFN. The van der Waals surface area contributed by atoms with Gasteiger partial charge in [-0.1, -0.05) is 29.8 Å². The summed E-state index contributed by atoms with van der Waals surface area (Å²) in [6, 6.07) is 5.17. The second-order valence-electron chi connectivity index (χ2n) is 6.18. The van der Waals surface area contributed by atoms with E-state index >= 15 is 0 Å². The van der Waals surface area contributed by atoms with Gasteiger partial charge in [0.15, 0.2) is 0 Å². The number of hydrogen-bond donors (Lipinski definition) is 1. The zero-order valence-corrected chi connectivity index (χ0v) is 13.3. The van der Waals surface area contributed by atoms with Crippen molar-refractivity contribution in [3.8, 4) is 0 Å². The first-order chi connectivity index (χ1) is 8.97. The number of hydrogen-bond acceptors (Lipinski definition) is 1. The lowest BCUT2D eigenvalue weighted by molar-refractivity contribution is 0.189. The summed E-state index contributed by atoms with van der Waals surface area (Å²) in [5, 5.41) is 0. The third-order valence-corrected chi connectivity index (χ3v) is 5.29. The summed E-state index contributed by atoms with van der Waals surface area (Å²) in [6.07, 6.45) is 4.38. The van der Waals surface area contributed by atoms with Crippen molar-refractivity contribution in [1.82, 2.24) is 0 Å². The molecule has 19 heavy (non-hydrogen) atoms. The second-order valence-corrected chi connectivity index (χ2v) is 7.04. The van der Waals surface area contributed by atoms with Gasteiger partial charge in [-0.25, -0.2) is 4.39 Å². The Bertz CT molecular complexity index is 433. The van der Waals surface area contributed by atoms with E-state index in [0.717, 1.165) is 28.8 Å². The first-order valence-electron chi connectivity index (χ1n) is 7.17. The molecule has 3 atom stereocenters. The van der Waals surface area contributed by atoms with E-state index in [1.54, 1.807) is 12.1 Å². The SMILES string of the molecule is CC(C)C1CCC(N)C(Cc2cc(F)ccc2Br)C1. The maximum Gasteiger partial charge on any atom is 0.123 e. The van der Waals surface area contributed by atoms with Gasteiger partial charge >= 0.3 is 0 Å². The van der Waals surface area contributed by atoms with Crippen LogP contribution in [0.15, 0.2) is 22.7 Å². The predicted molar refractivity (Wildman–Crippen MR) is 81.4 cm³/mol. The van der Waals surface area contributed by atoms with Crippen LogP contribution in [0.1, 0.15) is 38.7 Å². The summed E-state index contributed by atoms with van der Waals surface area (Å²) in [5.74, 6) is 1.78. The lowest BCUT2D eigenvalue weighted by Gasteiger charge is -2.36. The quantitative estimate of drug-likeness (QED) is 0.867. The molecule has 0 spiro atoms. The fraction of sp³-hybridized carbons (Fsp3) is 0.625. The van der Waals surface area contributed by atoms with Crippen LogP contribution in [0, 0.1) is 23.6 Å². The van der Waals surface area contributed by atoms with Crippen molar-refractivity contribution in [2.45, 2.75) is 45.6 Å². The molecule has 1 saturated carbocycles. The monoisotopic (exact) mass is 327 g/mol. The van der Waals surface area contributed by atoms with E-state index in [4.69, 9.17) is 5.73 Å². The smallest absolute Gasteiger partial charge is 0.123 e. The highest BCUT2D eigenvalue weighted by molar-refractivity contribution is 9.10. The average molecular weight is 328 g/mol. The maximum atomic E-state index is 13.4. The van der Waals surface area contributed by atoms with Gasteiger partial charge in [-0.3, -0.25) is 0 Å².